The third-order valence-electron chi connectivity index (χ3n) is 4.13. The molecule has 0 aromatic carbocycles. The Morgan fingerprint density at radius 2 is 2.00 bits per heavy atom. The van der Waals surface area contributed by atoms with Crippen molar-refractivity contribution >= 4 is 0 Å². The second kappa shape index (κ2) is 2.85. The fourth-order valence-corrected chi connectivity index (χ4v) is 3.54. The van der Waals surface area contributed by atoms with Crippen LogP contribution in [0.2, 0.25) is 0 Å². The molecule has 3 rings (SSSR count). The number of allylic oxidation sites excluding steroid dienone is 6. The highest BCUT2D eigenvalue weighted by Gasteiger charge is 2.40. The maximum absolute atomic E-state index is 2.36. The maximum atomic E-state index is 2.36. The Bertz CT molecular complexity index is 361. The van der Waals surface area contributed by atoms with E-state index in [1.807, 2.05) is 0 Å². The first kappa shape index (κ1) is 8.52. The van der Waals surface area contributed by atoms with Gasteiger partial charge in [0, 0.05) is 0 Å². The molecule has 0 amide bonds. The molecule has 0 N–H and O–H groups in total. The van der Waals surface area contributed by atoms with E-state index in [0.717, 1.165) is 11.8 Å². The van der Waals surface area contributed by atoms with Crippen molar-refractivity contribution in [3.63, 3.8) is 0 Å². The van der Waals surface area contributed by atoms with Crippen molar-refractivity contribution in [1.29, 1.82) is 0 Å². The van der Waals surface area contributed by atoms with Crippen molar-refractivity contribution in [1.82, 2.24) is 0 Å². The van der Waals surface area contributed by atoms with E-state index in [0.29, 0.717) is 0 Å². The molecule has 14 heavy (non-hydrogen) atoms. The van der Waals surface area contributed by atoms with Crippen LogP contribution in [0.15, 0.2) is 34.4 Å². The van der Waals surface area contributed by atoms with Gasteiger partial charge in [-0.2, -0.15) is 0 Å². The molecule has 2 atom stereocenters. The number of fused-ring (bicyclic) bond motifs is 4. The third kappa shape index (κ3) is 1.00. The molecule has 0 nitrogen and oxygen atoms in total. The Labute approximate surface area is 86.4 Å². The summed E-state index contributed by atoms with van der Waals surface area (Å²) in [5.41, 5.74) is 6.61. The topological polar surface area (TPSA) is 0 Å². The first-order valence-electron chi connectivity index (χ1n) is 5.84. The van der Waals surface area contributed by atoms with Crippen molar-refractivity contribution < 1.29 is 0 Å². The predicted molar refractivity (Wildman–Crippen MR) is 60.0 cm³/mol. The minimum absolute atomic E-state index is 0.921. The molecule has 0 heterocycles. The van der Waals surface area contributed by atoms with Crippen molar-refractivity contribution in [2.24, 2.45) is 11.8 Å². The van der Waals surface area contributed by atoms with E-state index in [4.69, 9.17) is 0 Å². The van der Waals surface area contributed by atoms with Gasteiger partial charge in [-0.05, 0) is 62.5 Å². The normalized spacial score (nSPS) is 34.0. The van der Waals surface area contributed by atoms with Crippen molar-refractivity contribution in [2.75, 3.05) is 0 Å². The van der Waals surface area contributed by atoms with E-state index >= 15 is 0 Å². The molecule has 0 heteroatoms. The molecule has 1 fully saturated rings. The summed E-state index contributed by atoms with van der Waals surface area (Å²) in [7, 11) is 0. The number of hydrogen-bond acceptors (Lipinski definition) is 0. The highest BCUT2D eigenvalue weighted by Crippen LogP contribution is 2.53. The lowest BCUT2D eigenvalue weighted by Crippen LogP contribution is -2.08. The molecule has 2 unspecified atom stereocenters. The Hall–Kier alpha value is -0.780. The monoisotopic (exact) mass is 186 g/mol. The molecule has 0 spiro atoms. The smallest absolute Gasteiger partial charge is 0.0127 e. The average molecular weight is 186 g/mol. The molecule has 3 aliphatic carbocycles. The van der Waals surface area contributed by atoms with E-state index in [1.165, 1.54) is 31.3 Å². The molecule has 0 saturated heterocycles. The van der Waals surface area contributed by atoms with Gasteiger partial charge in [-0.15, -0.1) is 0 Å². The number of hydrogen-bond donors (Lipinski definition) is 0. The summed E-state index contributed by atoms with van der Waals surface area (Å²) in [4.78, 5) is 0. The summed E-state index contributed by atoms with van der Waals surface area (Å²) < 4.78 is 0. The molecule has 2 bridgehead atoms. The van der Waals surface area contributed by atoms with Crippen molar-refractivity contribution in [2.45, 2.75) is 39.5 Å². The SMILES string of the molecule is CC(C)=C1C=CCC2=C1C1CCC2C1. The molecule has 1 saturated carbocycles. The Morgan fingerprint density at radius 1 is 1.21 bits per heavy atom. The van der Waals surface area contributed by atoms with Crippen LogP contribution in [0.1, 0.15) is 39.5 Å². The van der Waals surface area contributed by atoms with Gasteiger partial charge < -0.3 is 0 Å². The zero-order valence-electron chi connectivity index (χ0n) is 9.14. The third-order valence-corrected chi connectivity index (χ3v) is 4.13. The van der Waals surface area contributed by atoms with Gasteiger partial charge >= 0.3 is 0 Å². The van der Waals surface area contributed by atoms with Gasteiger partial charge in [0.25, 0.3) is 0 Å². The highest BCUT2D eigenvalue weighted by atomic mass is 14.4. The van der Waals surface area contributed by atoms with Gasteiger partial charge in [0.1, 0.15) is 0 Å². The zero-order chi connectivity index (χ0) is 9.71. The first-order valence-corrected chi connectivity index (χ1v) is 5.84. The first-order chi connectivity index (χ1) is 6.77. The molecule has 0 aromatic heterocycles. The molecule has 74 valence electrons. The van der Waals surface area contributed by atoms with Crippen LogP contribution in [0.25, 0.3) is 0 Å². The van der Waals surface area contributed by atoms with Crippen LogP contribution in [0.4, 0.5) is 0 Å². The quantitative estimate of drug-likeness (QED) is 0.536. The summed E-state index contributed by atoms with van der Waals surface area (Å²) in [6.45, 7) is 4.50. The summed E-state index contributed by atoms with van der Waals surface area (Å²) >= 11 is 0. The predicted octanol–water partition coefficient (Wildman–Crippen LogP) is 4.01. The Kier molecular flexibility index (Phi) is 1.74. The van der Waals surface area contributed by atoms with E-state index in [9.17, 15) is 0 Å². The fourth-order valence-electron chi connectivity index (χ4n) is 3.54. The van der Waals surface area contributed by atoms with Crippen LogP contribution in [-0.2, 0) is 0 Å². The van der Waals surface area contributed by atoms with Crippen LogP contribution in [-0.4, -0.2) is 0 Å². The molecule has 3 aliphatic rings. The highest BCUT2D eigenvalue weighted by molar-refractivity contribution is 5.53. The fraction of sp³-hybridized carbons (Fsp3) is 0.571. The summed E-state index contributed by atoms with van der Waals surface area (Å²) in [5.74, 6) is 1.87. The van der Waals surface area contributed by atoms with Crippen LogP contribution in [0, 0.1) is 11.8 Å². The van der Waals surface area contributed by atoms with Gasteiger partial charge in [-0.3, -0.25) is 0 Å². The standard InChI is InChI=1S/C14H18/c1-9(2)12-4-3-5-13-10-6-7-11(8-10)14(12)13/h3-4,10-11H,5-8H2,1-2H3. The lowest BCUT2D eigenvalue weighted by molar-refractivity contribution is 0.637. The molecular formula is C14H18. The van der Waals surface area contributed by atoms with E-state index in [-0.39, 0.29) is 0 Å². The number of rotatable bonds is 0. The van der Waals surface area contributed by atoms with Gasteiger partial charge in [0.2, 0.25) is 0 Å². The van der Waals surface area contributed by atoms with Gasteiger partial charge in [-0.25, -0.2) is 0 Å². The van der Waals surface area contributed by atoms with Crippen LogP contribution >= 0.6 is 0 Å². The Morgan fingerprint density at radius 3 is 2.79 bits per heavy atom. The zero-order valence-corrected chi connectivity index (χ0v) is 9.14. The minimum Gasteiger partial charge on any atom is -0.0798 e. The minimum atomic E-state index is 0.921. The van der Waals surface area contributed by atoms with Crippen LogP contribution in [0.5, 0.6) is 0 Å². The van der Waals surface area contributed by atoms with Gasteiger partial charge in [0.15, 0.2) is 0 Å². The second-order valence-corrected chi connectivity index (χ2v) is 5.17. The van der Waals surface area contributed by atoms with Gasteiger partial charge in [0.05, 0.1) is 0 Å². The van der Waals surface area contributed by atoms with Gasteiger partial charge in [-0.1, -0.05) is 23.3 Å². The molecule has 0 aliphatic heterocycles. The van der Waals surface area contributed by atoms with Crippen LogP contribution in [0.3, 0.4) is 0 Å². The lowest BCUT2D eigenvalue weighted by atomic mass is 9.81. The average Bonchev–Trinajstić information content (AvgIpc) is 2.77. The maximum Gasteiger partial charge on any atom is -0.0127 e. The molecule has 0 radical (unpaired) electrons. The molecular weight excluding hydrogens is 168 g/mol. The van der Waals surface area contributed by atoms with E-state index in [2.05, 4.69) is 26.0 Å². The van der Waals surface area contributed by atoms with E-state index in [1.54, 1.807) is 16.7 Å². The Balaban J connectivity index is 2.12. The van der Waals surface area contributed by atoms with Crippen molar-refractivity contribution in [3.8, 4) is 0 Å². The van der Waals surface area contributed by atoms with Crippen molar-refractivity contribution in [3.05, 3.63) is 34.4 Å². The summed E-state index contributed by atoms with van der Waals surface area (Å²) in [5, 5.41) is 0. The van der Waals surface area contributed by atoms with E-state index < -0.39 is 0 Å². The largest absolute Gasteiger partial charge is 0.0798 e. The summed E-state index contributed by atoms with van der Waals surface area (Å²) in [6, 6.07) is 0. The second-order valence-electron chi connectivity index (χ2n) is 5.17. The molecule has 0 aromatic rings. The van der Waals surface area contributed by atoms with Crippen LogP contribution < -0.4 is 0 Å². The summed E-state index contributed by atoms with van der Waals surface area (Å²) in [6.07, 6.45) is 10.3. The lowest BCUT2D eigenvalue weighted by Gasteiger charge is -2.24.